The first-order valence-electron chi connectivity index (χ1n) is 11.5. The van der Waals surface area contributed by atoms with E-state index in [0.717, 1.165) is 36.4 Å². The highest BCUT2D eigenvalue weighted by molar-refractivity contribution is 7.18. The molecule has 0 amide bonds. The third kappa shape index (κ3) is 4.90. The highest BCUT2D eigenvalue weighted by Gasteiger charge is 2.75. The molecule has 0 bridgehead atoms. The number of rotatable bonds is 3. The predicted octanol–water partition coefficient (Wildman–Crippen LogP) is -2.15. The lowest BCUT2D eigenvalue weighted by Crippen LogP contribution is -2.85. The standard InChI is InChI=1S/C19H25N3O10S.C2H4O2/c23-16(24)18(27,28)32-19(29,30)17(25,26)22(16)9-4-6-10(7-5-9)31-14-13-11-2-1-3-12(11)33-15(13)21-8-20-14;1-2(3)4/h8-10,23-30H,1-7H2;1H3,(H,3,4). The van der Waals surface area contributed by atoms with Crippen LogP contribution in [0.3, 0.4) is 0 Å². The first-order valence-corrected chi connectivity index (χ1v) is 12.3. The summed E-state index contributed by atoms with van der Waals surface area (Å²) in [6.45, 7) is 1.08. The monoisotopic (exact) mass is 547 g/mol. The number of carboxylic acid groups (broad SMARTS) is 1. The van der Waals surface area contributed by atoms with Gasteiger partial charge in [-0.05, 0) is 50.5 Å². The van der Waals surface area contributed by atoms with E-state index in [0.29, 0.717) is 18.7 Å². The molecule has 0 radical (unpaired) electrons. The van der Waals surface area contributed by atoms with Gasteiger partial charge in [0.2, 0.25) is 5.88 Å². The Labute approximate surface area is 213 Å². The maximum Gasteiger partial charge on any atom is 0.356 e. The van der Waals surface area contributed by atoms with Crippen molar-refractivity contribution >= 4 is 27.5 Å². The van der Waals surface area contributed by atoms with Crippen LogP contribution in [0, 0.1) is 0 Å². The minimum absolute atomic E-state index is 0.00830. The van der Waals surface area contributed by atoms with E-state index < -0.39 is 35.8 Å². The zero-order valence-electron chi connectivity index (χ0n) is 19.7. The van der Waals surface area contributed by atoms with Gasteiger partial charge in [0.15, 0.2) is 0 Å². The lowest BCUT2D eigenvalue weighted by Gasteiger charge is -2.57. The van der Waals surface area contributed by atoms with Gasteiger partial charge in [0.25, 0.3) is 5.97 Å². The summed E-state index contributed by atoms with van der Waals surface area (Å²) in [5, 5.41) is 88.4. The van der Waals surface area contributed by atoms with E-state index >= 15 is 0 Å². The highest BCUT2D eigenvalue weighted by atomic mass is 32.1. The Morgan fingerprint density at radius 2 is 1.57 bits per heavy atom. The Balaban J connectivity index is 0.000000747. The first-order chi connectivity index (χ1) is 17.1. The van der Waals surface area contributed by atoms with Crippen molar-refractivity contribution in [3.8, 4) is 5.88 Å². The summed E-state index contributed by atoms with van der Waals surface area (Å²) in [5.41, 5.74) is 1.20. The van der Waals surface area contributed by atoms with Crippen LogP contribution < -0.4 is 4.74 Å². The van der Waals surface area contributed by atoms with Crippen molar-refractivity contribution in [1.82, 2.24) is 14.9 Å². The molecule has 1 aliphatic heterocycles. The number of aliphatic carboxylic acids is 1. The Morgan fingerprint density at radius 3 is 2.14 bits per heavy atom. The molecule has 2 aliphatic carbocycles. The largest absolute Gasteiger partial charge is 0.481 e. The van der Waals surface area contributed by atoms with Gasteiger partial charge in [0.05, 0.1) is 5.39 Å². The lowest BCUT2D eigenvalue weighted by atomic mass is 9.90. The summed E-state index contributed by atoms with van der Waals surface area (Å²) in [6, 6.07) is -1.12. The molecule has 1 saturated heterocycles. The van der Waals surface area contributed by atoms with E-state index in [-0.39, 0.29) is 23.8 Å². The van der Waals surface area contributed by atoms with Crippen LogP contribution in [0.1, 0.15) is 49.5 Å². The zero-order chi connectivity index (χ0) is 27.4. The van der Waals surface area contributed by atoms with E-state index in [2.05, 4.69) is 14.7 Å². The number of fused-ring (bicyclic) bond motifs is 3. The molecule has 9 N–H and O–H groups in total. The minimum atomic E-state index is -3.94. The SMILES string of the molecule is CC(=O)O.OC1(O)OC(O)(O)C(O)(O)N(C2CCC(Oc3ncnc4sc5c(c34)CCC5)CC2)C1(O)O. The second-order valence-electron chi connectivity index (χ2n) is 9.24. The normalized spacial score (nSPS) is 27.7. The molecule has 0 aromatic carbocycles. The van der Waals surface area contributed by atoms with Gasteiger partial charge in [-0.15, -0.1) is 11.3 Å². The summed E-state index contributed by atoms with van der Waals surface area (Å²) >= 11 is 1.63. The fraction of sp³-hybridized carbons (Fsp3) is 0.667. The molecule has 0 spiro atoms. The molecule has 15 nitrogen and oxygen atoms in total. The summed E-state index contributed by atoms with van der Waals surface area (Å²) in [5.74, 6) is -15.8. The number of morpholine rings is 1. The van der Waals surface area contributed by atoms with Crippen LogP contribution in [0.4, 0.5) is 0 Å². The number of hydrogen-bond donors (Lipinski definition) is 9. The van der Waals surface area contributed by atoms with Crippen molar-refractivity contribution in [1.29, 1.82) is 0 Å². The molecule has 0 unspecified atom stereocenters. The van der Waals surface area contributed by atoms with Gasteiger partial charge in [0.1, 0.15) is 17.3 Å². The van der Waals surface area contributed by atoms with Crippen LogP contribution >= 0.6 is 11.3 Å². The lowest BCUT2D eigenvalue weighted by molar-refractivity contribution is -0.661. The molecule has 2 aromatic heterocycles. The second kappa shape index (κ2) is 9.58. The third-order valence-electron chi connectivity index (χ3n) is 6.58. The smallest absolute Gasteiger partial charge is 0.356 e. The zero-order valence-corrected chi connectivity index (χ0v) is 20.5. The Bertz CT molecular complexity index is 1130. The predicted molar refractivity (Wildman–Crippen MR) is 121 cm³/mol. The molecule has 5 rings (SSSR count). The van der Waals surface area contributed by atoms with Gasteiger partial charge in [-0.25, -0.2) is 9.97 Å². The topological polar surface area (TPSA) is 247 Å². The van der Waals surface area contributed by atoms with Gasteiger partial charge in [-0.3, -0.25) is 9.53 Å². The summed E-state index contributed by atoms with van der Waals surface area (Å²) < 4.78 is 10.1. The fourth-order valence-corrected chi connectivity index (χ4v) is 6.16. The van der Waals surface area contributed by atoms with E-state index in [1.165, 1.54) is 16.8 Å². The average Bonchev–Trinajstić information content (AvgIpc) is 3.34. The molecule has 2 fully saturated rings. The number of aliphatic hydroxyl groups is 8. The molecule has 3 aliphatic rings. The molecule has 206 valence electrons. The van der Waals surface area contributed by atoms with Gasteiger partial charge < -0.3 is 50.7 Å². The number of thiophene rings is 1. The van der Waals surface area contributed by atoms with Crippen molar-refractivity contribution in [2.24, 2.45) is 0 Å². The van der Waals surface area contributed by atoms with E-state index in [1.807, 2.05) is 0 Å². The van der Waals surface area contributed by atoms with Crippen molar-refractivity contribution in [3.05, 3.63) is 16.8 Å². The van der Waals surface area contributed by atoms with E-state index in [4.69, 9.17) is 14.6 Å². The van der Waals surface area contributed by atoms with Crippen LogP contribution in [0.5, 0.6) is 5.88 Å². The maximum atomic E-state index is 10.2. The number of carboxylic acids is 1. The molecular formula is C21H29N3O12S. The van der Waals surface area contributed by atoms with Crippen LogP contribution in [-0.2, 0) is 22.4 Å². The highest BCUT2D eigenvalue weighted by Crippen LogP contribution is 2.46. The number of nitrogens with zero attached hydrogens (tertiary/aromatic N) is 3. The van der Waals surface area contributed by atoms with Gasteiger partial charge in [0, 0.05) is 17.8 Å². The van der Waals surface area contributed by atoms with Gasteiger partial charge in [-0.2, -0.15) is 4.90 Å². The number of hydrogen-bond acceptors (Lipinski definition) is 15. The number of aryl methyl sites for hydroxylation is 2. The van der Waals surface area contributed by atoms with Crippen LogP contribution in [0.15, 0.2) is 6.33 Å². The Hall–Kier alpha value is -2.09. The van der Waals surface area contributed by atoms with Crippen LogP contribution in [0.2, 0.25) is 0 Å². The van der Waals surface area contributed by atoms with Crippen LogP contribution in [0.25, 0.3) is 10.2 Å². The van der Waals surface area contributed by atoms with E-state index in [9.17, 15) is 40.9 Å². The molecule has 37 heavy (non-hydrogen) atoms. The quantitative estimate of drug-likeness (QED) is 0.186. The van der Waals surface area contributed by atoms with Crippen molar-refractivity contribution < 1.29 is 60.2 Å². The molecule has 16 heteroatoms. The minimum Gasteiger partial charge on any atom is -0.481 e. The van der Waals surface area contributed by atoms with Crippen molar-refractivity contribution in [2.75, 3.05) is 0 Å². The molecule has 3 heterocycles. The third-order valence-corrected chi connectivity index (χ3v) is 7.78. The number of carbonyl (C=O) groups is 1. The fourth-order valence-electron chi connectivity index (χ4n) is 4.94. The average molecular weight is 548 g/mol. The van der Waals surface area contributed by atoms with Crippen molar-refractivity contribution in [3.63, 3.8) is 0 Å². The number of aromatic nitrogens is 2. The molecule has 2 aromatic rings. The first kappa shape index (κ1) is 27.9. The Kier molecular flexibility index (Phi) is 7.23. The second-order valence-corrected chi connectivity index (χ2v) is 10.3. The molecular weight excluding hydrogens is 518 g/mol. The van der Waals surface area contributed by atoms with E-state index in [1.54, 1.807) is 11.3 Å². The molecule has 0 atom stereocenters. The summed E-state index contributed by atoms with van der Waals surface area (Å²) in [4.78, 5) is 19.8. The van der Waals surface area contributed by atoms with Crippen LogP contribution in [-0.4, -0.2) is 103 Å². The van der Waals surface area contributed by atoms with Crippen molar-refractivity contribution in [2.45, 2.75) is 87.8 Å². The van der Waals surface area contributed by atoms with Gasteiger partial charge >= 0.3 is 23.8 Å². The molecule has 1 saturated carbocycles. The Morgan fingerprint density at radius 1 is 1.00 bits per heavy atom. The maximum absolute atomic E-state index is 10.2. The summed E-state index contributed by atoms with van der Waals surface area (Å²) in [7, 11) is 0. The summed E-state index contributed by atoms with van der Waals surface area (Å²) in [6.07, 6.45) is 4.78. The number of ether oxygens (including phenoxy) is 2. The van der Waals surface area contributed by atoms with Gasteiger partial charge in [-0.1, -0.05) is 0 Å².